The Labute approximate surface area is 279 Å². The van der Waals surface area contributed by atoms with Crippen LogP contribution in [-0.2, 0) is 10.0 Å². The molecule has 2 N–H and O–H groups in total. The summed E-state index contributed by atoms with van der Waals surface area (Å²) in [6.07, 6.45) is 3.32. The molecule has 1 atom stereocenters. The van der Waals surface area contributed by atoms with Gasteiger partial charge < -0.3 is 19.9 Å². The zero-order chi connectivity index (χ0) is 33.9. The lowest BCUT2D eigenvalue weighted by atomic mass is 10.1. The Kier molecular flexibility index (Phi) is 7.82. The van der Waals surface area contributed by atoms with Crippen molar-refractivity contribution >= 4 is 26.9 Å². The predicted octanol–water partition coefficient (Wildman–Crippen LogP) is 6.39. The maximum absolute atomic E-state index is 15.3. The van der Waals surface area contributed by atoms with Crippen molar-refractivity contribution in [1.82, 2.24) is 24.1 Å². The minimum Gasteiger partial charge on any atom is -0.486 e. The molecule has 254 valence electrons. The van der Waals surface area contributed by atoms with Gasteiger partial charge in [0.05, 0.1) is 23.6 Å². The number of anilines is 1. The number of rotatable bonds is 10. The smallest absolute Gasteiger partial charge is 0.250 e. The van der Waals surface area contributed by atoms with E-state index in [1.807, 2.05) is 42.5 Å². The van der Waals surface area contributed by atoms with Gasteiger partial charge in [-0.15, -0.1) is 0 Å². The first-order valence-electron chi connectivity index (χ1n) is 16.0. The molecule has 0 radical (unpaired) electrons. The van der Waals surface area contributed by atoms with E-state index in [1.54, 1.807) is 16.8 Å². The topological polar surface area (TPSA) is 135 Å². The summed E-state index contributed by atoms with van der Waals surface area (Å²) in [7, 11) is -4.67. The van der Waals surface area contributed by atoms with Crippen LogP contribution in [0.15, 0.2) is 65.8 Å². The molecule has 8 rings (SSSR count). The number of hydrogen-bond donors (Lipinski definition) is 1. The van der Waals surface area contributed by atoms with Crippen LogP contribution in [0, 0.1) is 17.5 Å². The Hall–Kier alpha value is -4.89. The van der Waals surface area contributed by atoms with Crippen LogP contribution in [0.5, 0.6) is 23.0 Å². The number of benzene rings is 3. The maximum atomic E-state index is 15.3. The van der Waals surface area contributed by atoms with Crippen LogP contribution in [-0.4, -0.2) is 57.8 Å². The number of piperidine rings is 1. The lowest BCUT2D eigenvalue weighted by Gasteiger charge is -2.33. The molecule has 2 aliphatic carbocycles. The number of para-hydroxylation sites is 1. The van der Waals surface area contributed by atoms with Crippen molar-refractivity contribution in [1.29, 1.82) is 0 Å². The van der Waals surface area contributed by atoms with Gasteiger partial charge in [-0.1, -0.05) is 18.2 Å². The van der Waals surface area contributed by atoms with Gasteiger partial charge in [0.1, 0.15) is 29.3 Å². The lowest BCUT2D eigenvalue weighted by Crippen LogP contribution is -2.41. The second-order valence-corrected chi connectivity index (χ2v) is 14.3. The summed E-state index contributed by atoms with van der Waals surface area (Å²) >= 11 is 0. The molecule has 5 aromatic rings. The Morgan fingerprint density at radius 3 is 2.06 bits per heavy atom. The molecule has 11 nitrogen and oxygen atoms in total. The minimum absolute atomic E-state index is 0.0389. The molecule has 49 heavy (non-hydrogen) atoms. The number of hydrogen-bond acceptors (Lipinski definition) is 9. The van der Waals surface area contributed by atoms with Gasteiger partial charge in [-0.2, -0.15) is 18.2 Å². The molecule has 0 spiro atoms. The van der Waals surface area contributed by atoms with E-state index >= 15 is 8.78 Å². The molecule has 2 saturated carbocycles. The van der Waals surface area contributed by atoms with Crippen LogP contribution in [0.3, 0.4) is 0 Å². The van der Waals surface area contributed by atoms with Gasteiger partial charge in [0.15, 0.2) is 22.0 Å². The first kappa shape index (κ1) is 31.4. The molecule has 1 saturated heterocycles. The summed E-state index contributed by atoms with van der Waals surface area (Å²) in [5.74, 6) is -5.46. The molecule has 1 unspecified atom stereocenters. The van der Waals surface area contributed by atoms with E-state index in [9.17, 15) is 12.8 Å². The van der Waals surface area contributed by atoms with Crippen molar-refractivity contribution in [3.05, 3.63) is 78.4 Å². The number of halogens is 3. The van der Waals surface area contributed by atoms with E-state index in [0.29, 0.717) is 72.3 Å². The van der Waals surface area contributed by atoms with Crippen molar-refractivity contribution in [2.24, 2.45) is 0 Å². The molecule has 3 heterocycles. The average molecular weight is 693 g/mol. The fourth-order valence-electron chi connectivity index (χ4n) is 5.97. The van der Waals surface area contributed by atoms with E-state index in [-0.39, 0.29) is 18.9 Å². The largest absolute Gasteiger partial charge is 0.486 e. The Balaban J connectivity index is 1.15. The van der Waals surface area contributed by atoms with E-state index < -0.39 is 62.1 Å². The third-order valence-electron chi connectivity index (χ3n) is 8.74. The average Bonchev–Trinajstić information content (AvgIpc) is 4.06. The number of nitrogen functional groups attached to an aromatic ring is 1. The van der Waals surface area contributed by atoms with E-state index in [4.69, 9.17) is 25.0 Å². The summed E-state index contributed by atoms with van der Waals surface area (Å²) in [6.45, 7) is -0.0874. The zero-order valence-corrected chi connectivity index (χ0v) is 26.9. The van der Waals surface area contributed by atoms with Crippen LogP contribution < -0.4 is 19.9 Å². The Morgan fingerprint density at radius 2 is 1.43 bits per heavy atom. The lowest BCUT2D eigenvalue weighted by molar-refractivity contribution is 0.232. The Bertz CT molecular complexity index is 2120. The van der Waals surface area contributed by atoms with Gasteiger partial charge in [0.2, 0.25) is 17.5 Å². The highest BCUT2D eigenvalue weighted by molar-refractivity contribution is 7.89. The van der Waals surface area contributed by atoms with E-state index in [1.165, 1.54) is 6.33 Å². The SMILES string of the molecule is Nc1ncnc2c1c(-c1ccc(Oc3ccccc3)cc1)nn2C1CCCN(S(=O)(=O)c2c(OC3CC3)c(F)c(F)c(F)c2OC2CC2)C1. The summed E-state index contributed by atoms with van der Waals surface area (Å²) in [4.78, 5) is 7.80. The molecule has 15 heteroatoms. The van der Waals surface area contributed by atoms with Gasteiger partial charge >= 0.3 is 0 Å². The molecule has 3 aromatic carbocycles. The number of aromatic nitrogens is 4. The van der Waals surface area contributed by atoms with Crippen LogP contribution in [0.4, 0.5) is 19.0 Å². The fraction of sp³-hybridized carbons (Fsp3) is 0.324. The summed E-state index contributed by atoms with van der Waals surface area (Å²) in [6, 6.07) is 16.0. The maximum Gasteiger partial charge on any atom is 0.250 e. The minimum atomic E-state index is -4.67. The molecule has 3 aliphatic rings. The van der Waals surface area contributed by atoms with Crippen LogP contribution in [0.1, 0.15) is 44.6 Å². The van der Waals surface area contributed by atoms with Crippen molar-refractivity contribution in [2.45, 2.75) is 61.7 Å². The number of nitrogens with zero attached hydrogens (tertiary/aromatic N) is 5. The molecule has 3 fully saturated rings. The van der Waals surface area contributed by atoms with E-state index in [0.717, 1.165) is 4.31 Å². The molecular formula is C34H31F3N6O5S. The quantitative estimate of drug-likeness (QED) is 0.165. The standard InChI is InChI=1S/C34H31F3N6O5S/c35-26-27(36)30(47-23-12-13-23)32(31(28(26)37)48-24-14-15-24)49(44,45)42-16-4-5-20(17-42)43-34-25(33(38)39-18-40-34)29(41-43)19-8-10-22(11-9-19)46-21-6-2-1-3-7-21/h1-3,6-11,18,20,23-24H,4-5,12-17H2,(H2,38,39,40). The van der Waals surface area contributed by atoms with E-state index in [2.05, 4.69) is 9.97 Å². The summed E-state index contributed by atoms with van der Waals surface area (Å²) in [5.41, 5.74) is 7.92. The molecule has 1 aliphatic heterocycles. The fourth-order valence-corrected chi connectivity index (χ4v) is 7.71. The van der Waals surface area contributed by atoms with Gasteiger partial charge in [-0.3, -0.25) is 0 Å². The first-order chi connectivity index (χ1) is 23.7. The molecular weight excluding hydrogens is 661 g/mol. The van der Waals surface area contributed by atoms with Crippen molar-refractivity contribution in [3.8, 4) is 34.3 Å². The highest BCUT2D eigenvalue weighted by Gasteiger charge is 2.43. The summed E-state index contributed by atoms with van der Waals surface area (Å²) in [5, 5.41) is 5.36. The zero-order valence-electron chi connectivity index (χ0n) is 26.1. The highest BCUT2D eigenvalue weighted by atomic mass is 32.2. The van der Waals surface area contributed by atoms with Crippen LogP contribution in [0.25, 0.3) is 22.3 Å². The number of fused-ring (bicyclic) bond motifs is 1. The van der Waals surface area contributed by atoms with Crippen molar-refractivity contribution in [2.75, 3.05) is 18.8 Å². The van der Waals surface area contributed by atoms with Crippen LogP contribution in [0.2, 0.25) is 0 Å². The third-order valence-corrected chi connectivity index (χ3v) is 10.6. The number of ether oxygens (including phenoxy) is 3. The predicted molar refractivity (Wildman–Crippen MR) is 172 cm³/mol. The highest BCUT2D eigenvalue weighted by Crippen LogP contribution is 2.46. The Morgan fingerprint density at radius 1 is 0.796 bits per heavy atom. The molecule has 2 aromatic heterocycles. The van der Waals surface area contributed by atoms with Crippen molar-refractivity contribution in [3.63, 3.8) is 0 Å². The van der Waals surface area contributed by atoms with Gasteiger partial charge in [0, 0.05) is 18.7 Å². The third kappa shape index (κ3) is 5.90. The van der Waals surface area contributed by atoms with Gasteiger partial charge in [-0.05, 0) is 74.9 Å². The second kappa shape index (κ2) is 12.2. The monoisotopic (exact) mass is 692 g/mol. The normalized spacial score (nSPS) is 18.5. The second-order valence-electron chi connectivity index (χ2n) is 12.4. The van der Waals surface area contributed by atoms with Crippen LogP contribution >= 0.6 is 0 Å². The summed E-state index contributed by atoms with van der Waals surface area (Å²) < 4.78 is 93.9. The molecule has 0 amide bonds. The first-order valence-corrected chi connectivity index (χ1v) is 17.5. The molecule has 0 bridgehead atoms. The van der Waals surface area contributed by atoms with Gasteiger partial charge in [-0.25, -0.2) is 27.5 Å². The van der Waals surface area contributed by atoms with Gasteiger partial charge in [0.25, 0.3) is 10.0 Å². The number of nitrogens with two attached hydrogens (primary N) is 1. The van der Waals surface area contributed by atoms with Crippen molar-refractivity contribution < 1.29 is 35.8 Å². The number of sulfonamides is 1.